The zero-order chi connectivity index (χ0) is 37.5. The molecule has 10 nitrogen and oxygen atoms in total. The molecule has 4 aromatic heterocycles. The third kappa shape index (κ3) is 5.50. The molecule has 278 valence electrons. The molecule has 2 aliphatic heterocycles. The molecule has 0 spiro atoms. The van der Waals surface area contributed by atoms with E-state index in [-0.39, 0.29) is 41.3 Å². The molecule has 7 aromatic rings. The summed E-state index contributed by atoms with van der Waals surface area (Å²) < 4.78 is 19.3. The molecule has 3 aliphatic rings. The minimum absolute atomic E-state index is 0. The van der Waals surface area contributed by atoms with Crippen molar-refractivity contribution in [2.75, 3.05) is 14.2 Å². The molecule has 0 N–H and O–H groups in total. The first kappa shape index (κ1) is 35.7. The molecule has 12 heteroatoms. The molecule has 0 unspecified atom stereocenters. The summed E-state index contributed by atoms with van der Waals surface area (Å²) in [7, 11) is 2.81. The maximum atomic E-state index is 12.5. The van der Waals surface area contributed by atoms with Crippen molar-refractivity contribution in [1.29, 1.82) is 0 Å². The number of esters is 2. The number of hydrogen-bond donors (Lipinski definition) is 0. The van der Waals surface area contributed by atoms with Gasteiger partial charge in [-0.3, -0.25) is 9.59 Å². The summed E-state index contributed by atoms with van der Waals surface area (Å²) in [6.45, 7) is 4.10. The summed E-state index contributed by atoms with van der Waals surface area (Å²) in [5, 5.41) is 4.13. The van der Waals surface area contributed by atoms with Gasteiger partial charge < -0.3 is 19.4 Å². The maximum absolute atomic E-state index is 12.5. The molecule has 0 saturated carbocycles. The van der Waals surface area contributed by atoms with Gasteiger partial charge in [0.1, 0.15) is 11.0 Å². The van der Waals surface area contributed by atoms with Crippen LogP contribution in [0.2, 0.25) is 0 Å². The number of methoxy groups -OCH3 is 2. The number of ether oxygens (including phenoxy) is 2. The zero-order valence-corrected chi connectivity index (χ0v) is 32.6. The van der Waals surface area contributed by atoms with Gasteiger partial charge in [-0.15, -0.1) is 22.1 Å². The van der Waals surface area contributed by atoms with Crippen molar-refractivity contribution >= 4 is 101 Å². The number of carbonyl (C=O) groups excluding carboxylic acids is 2. The van der Waals surface area contributed by atoms with Crippen molar-refractivity contribution < 1.29 is 35.6 Å². The van der Waals surface area contributed by atoms with E-state index in [4.69, 9.17) is 33.8 Å². The van der Waals surface area contributed by atoms with E-state index in [9.17, 15) is 9.59 Å². The van der Waals surface area contributed by atoms with Crippen molar-refractivity contribution in [3.8, 4) is 22.3 Å². The predicted molar refractivity (Wildman–Crippen MR) is 217 cm³/mol. The number of aromatic nitrogens is 6. The average molecular weight is 800 g/mol. The summed E-state index contributed by atoms with van der Waals surface area (Å²) in [5.74, 6) is -0.579. The van der Waals surface area contributed by atoms with Crippen LogP contribution in [0.25, 0.3) is 99.2 Å². The van der Waals surface area contributed by atoms with E-state index >= 15 is 0 Å². The summed E-state index contributed by atoms with van der Waals surface area (Å²) in [6.07, 6.45) is 1.30. The van der Waals surface area contributed by atoms with Crippen molar-refractivity contribution in [1.82, 2.24) is 28.7 Å². The molecular formula is C44H32N6NiO4S. The van der Waals surface area contributed by atoms with Crippen molar-refractivity contribution in [2.24, 2.45) is 0 Å². The van der Waals surface area contributed by atoms with Gasteiger partial charge in [0.2, 0.25) is 0 Å². The standard InChI is InChI=1S/C44H32N6O4S.Ni/c1-21-24(12-15-38(51)53-3)32-19-34-26-11-14-29-44(50-55-49-29)43(26)37(47-34)20-33-25(13-16-39(52)54-4)22(2)31(46-33)18-36-42-28-10-6-8-23-7-5-9-27(40(23)28)41(42)35(48-36)17-30(21)45-32;/h5-11,14,17-20H,12-13,15-16H2,1-4H3;/q-2;+2. The summed E-state index contributed by atoms with van der Waals surface area (Å²) >= 11 is 1.16. The fourth-order valence-electron chi connectivity index (χ4n) is 8.38. The second kappa shape index (κ2) is 13.7. The third-order valence-electron chi connectivity index (χ3n) is 11.1. The Hall–Kier alpha value is -5.97. The molecule has 0 amide bonds. The van der Waals surface area contributed by atoms with E-state index in [2.05, 4.69) is 66.8 Å². The first-order chi connectivity index (χ1) is 26.8. The van der Waals surface area contributed by atoms with E-state index in [0.717, 1.165) is 123 Å². The molecule has 0 fully saturated rings. The molecule has 0 radical (unpaired) electrons. The van der Waals surface area contributed by atoms with Crippen LogP contribution in [-0.4, -0.2) is 44.9 Å². The molecule has 6 heterocycles. The Morgan fingerprint density at radius 1 is 0.643 bits per heavy atom. The van der Waals surface area contributed by atoms with Gasteiger partial charge in [0, 0.05) is 12.8 Å². The summed E-state index contributed by atoms with van der Waals surface area (Å²) in [5.41, 5.74) is 15.7. The normalized spacial score (nSPS) is 13.1. The molecule has 10 rings (SSSR count). The molecule has 0 atom stereocenters. The summed E-state index contributed by atoms with van der Waals surface area (Å²) in [6, 6.07) is 24.9. The Bertz CT molecular complexity index is 3090. The van der Waals surface area contributed by atoms with Gasteiger partial charge in [-0.2, -0.15) is 8.75 Å². The van der Waals surface area contributed by atoms with Crippen molar-refractivity contribution in [3.05, 3.63) is 95.6 Å². The molecule has 3 aromatic carbocycles. The zero-order valence-electron chi connectivity index (χ0n) is 30.8. The fourth-order valence-corrected chi connectivity index (χ4v) is 8.92. The monoisotopic (exact) mass is 798 g/mol. The second-order valence-corrected chi connectivity index (χ2v) is 14.6. The summed E-state index contributed by atoms with van der Waals surface area (Å²) in [4.78, 5) is 45.9. The Morgan fingerprint density at radius 2 is 1.18 bits per heavy atom. The first-order valence-corrected chi connectivity index (χ1v) is 18.8. The van der Waals surface area contributed by atoms with Crippen LogP contribution in [0.1, 0.15) is 62.3 Å². The fraction of sp³-hybridized carbons (Fsp3) is 0.182. The van der Waals surface area contributed by atoms with Crippen LogP contribution in [0.3, 0.4) is 0 Å². The molecule has 56 heavy (non-hydrogen) atoms. The molecule has 8 bridgehead atoms. The number of fused-ring (bicyclic) bond motifs is 18. The van der Waals surface area contributed by atoms with E-state index in [1.165, 1.54) is 19.6 Å². The van der Waals surface area contributed by atoms with Gasteiger partial charge >= 0.3 is 28.4 Å². The second-order valence-electron chi connectivity index (χ2n) is 14.0. The number of carbonyl (C=O) groups is 2. The molecular weight excluding hydrogens is 767 g/mol. The number of hydrogen-bond acceptors (Lipinski definition) is 9. The van der Waals surface area contributed by atoms with E-state index in [1.807, 2.05) is 24.3 Å². The van der Waals surface area contributed by atoms with Crippen LogP contribution < -0.4 is 9.97 Å². The Labute approximate surface area is 335 Å². The van der Waals surface area contributed by atoms with Crippen LogP contribution in [0, 0.1) is 0 Å². The predicted octanol–water partition coefficient (Wildman–Crippen LogP) is 9.30. The smallest absolute Gasteiger partial charge is 0.657 e. The van der Waals surface area contributed by atoms with Crippen molar-refractivity contribution in [2.45, 2.75) is 39.5 Å². The van der Waals surface area contributed by atoms with Gasteiger partial charge in [0.05, 0.1) is 48.7 Å². The van der Waals surface area contributed by atoms with Gasteiger partial charge in [-0.25, -0.2) is 9.97 Å². The van der Waals surface area contributed by atoms with Crippen LogP contribution in [0.4, 0.5) is 0 Å². The van der Waals surface area contributed by atoms with Gasteiger partial charge in [-0.05, 0) is 98.8 Å². The Balaban J connectivity index is 0.00000410. The van der Waals surface area contributed by atoms with Crippen LogP contribution in [-0.2, 0) is 35.6 Å². The topological polar surface area (TPSA) is 132 Å². The minimum atomic E-state index is -0.291. The van der Waals surface area contributed by atoms with Crippen LogP contribution >= 0.6 is 11.7 Å². The maximum Gasteiger partial charge on any atom is 2.00 e. The molecule has 0 saturated heterocycles. The van der Waals surface area contributed by atoms with Gasteiger partial charge in [0.15, 0.2) is 0 Å². The van der Waals surface area contributed by atoms with Crippen molar-refractivity contribution in [3.63, 3.8) is 0 Å². The largest absolute Gasteiger partial charge is 2.00 e. The van der Waals surface area contributed by atoms with E-state index < -0.39 is 0 Å². The number of benzene rings is 3. The minimum Gasteiger partial charge on any atom is -0.657 e. The number of allylic oxidation sites excluding steroid dienone is 4. The quantitative estimate of drug-likeness (QED) is 0.118. The third-order valence-corrected chi connectivity index (χ3v) is 11.7. The average Bonchev–Trinajstić information content (AvgIpc) is 4.04. The number of rotatable bonds is 6. The first-order valence-electron chi connectivity index (χ1n) is 18.1. The van der Waals surface area contributed by atoms with Gasteiger partial charge in [-0.1, -0.05) is 66.7 Å². The Morgan fingerprint density at radius 3 is 1.75 bits per heavy atom. The number of nitrogens with zero attached hydrogens (tertiary/aromatic N) is 6. The van der Waals surface area contributed by atoms with E-state index in [1.54, 1.807) is 0 Å². The Kier molecular flexibility index (Phi) is 8.71. The van der Waals surface area contributed by atoms with Crippen LogP contribution in [0.15, 0.2) is 72.8 Å². The van der Waals surface area contributed by atoms with E-state index in [0.29, 0.717) is 18.4 Å². The molecule has 1 aliphatic carbocycles. The van der Waals surface area contributed by atoms with Gasteiger partial charge in [0.25, 0.3) is 0 Å². The van der Waals surface area contributed by atoms with Crippen LogP contribution in [0.5, 0.6) is 0 Å². The SMILES string of the molecule is COC(=O)CCC1=C(C)c2cc3[n-]c(cc4nc(cc5[n-]c(cc1n2)c1ccc2nsnc2c51)C(CCC(=O)OC)=C4C)c1c3-c2cccc3cccc-1c23.[Ni+2].